The molecule has 2 nitrogen and oxygen atoms in total. The van der Waals surface area contributed by atoms with Crippen LogP contribution in [0.25, 0.3) is 0 Å². The minimum atomic E-state index is 0.584. The Hall–Kier alpha value is -0.0800. The molecule has 16 heavy (non-hydrogen) atoms. The van der Waals surface area contributed by atoms with Crippen molar-refractivity contribution >= 4 is 0 Å². The molecule has 0 aliphatic carbocycles. The maximum absolute atomic E-state index is 3.48. The van der Waals surface area contributed by atoms with Crippen molar-refractivity contribution in [1.29, 1.82) is 0 Å². The summed E-state index contributed by atoms with van der Waals surface area (Å²) < 4.78 is 0. The van der Waals surface area contributed by atoms with Gasteiger partial charge in [-0.25, -0.2) is 0 Å². The highest BCUT2D eigenvalue weighted by molar-refractivity contribution is 4.85. The van der Waals surface area contributed by atoms with Crippen LogP contribution in [0.1, 0.15) is 46.0 Å². The number of nitrogens with zero attached hydrogens (tertiary/aromatic N) is 1. The third-order valence-corrected chi connectivity index (χ3v) is 4.60. The molecule has 1 unspecified atom stereocenters. The van der Waals surface area contributed by atoms with Crippen LogP contribution in [0.2, 0.25) is 0 Å². The predicted molar refractivity (Wildman–Crippen MR) is 69.7 cm³/mol. The molecule has 0 bridgehead atoms. The minimum Gasteiger partial charge on any atom is -0.317 e. The van der Waals surface area contributed by atoms with Crippen molar-refractivity contribution in [1.82, 2.24) is 10.2 Å². The van der Waals surface area contributed by atoms with Crippen LogP contribution in [0, 0.1) is 11.3 Å². The zero-order valence-electron chi connectivity index (χ0n) is 11.1. The van der Waals surface area contributed by atoms with Crippen LogP contribution in [-0.4, -0.2) is 37.6 Å². The van der Waals surface area contributed by atoms with Gasteiger partial charge in [-0.2, -0.15) is 0 Å². The fourth-order valence-electron chi connectivity index (χ4n) is 3.36. The van der Waals surface area contributed by atoms with Crippen LogP contribution < -0.4 is 5.32 Å². The molecular formula is C14H28N2. The van der Waals surface area contributed by atoms with Gasteiger partial charge in [0.1, 0.15) is 0 Å². The zero-order valence-corrected chi connectivity index (χ0v) is 11.1. The summed E-state index contributed by atoms with van der Waals surface area (Å²) in [6, 6.07) is 0. The zero-order chi connectivity index (χ0) is 11.4. The third-order valence-electron chi connectivity index (χ3n) is 4.60. The highest BCUT2D eigenvalue weighted by Gasteiger charge is 2.30. The van der Waals surface area contributed by atoms with Crippen LogP contribution in [0.15, 0.2) is 0 Å². The summed E-state index contributed by atoms with van der Waals surface area (Å²) in [6.07, 6.45) is 6.98. The predicted octanol–water partition coefficient (Wildman–Crippen LogP) is 2.50. The Kier molecular flexibility index (Phi) is 4.26. The van der Waals surface area contributed by atoms with Gasteiger partial charge in [-0.1, -0.05) is 20.3 Å². The van der Waals surface area contributed by atoms with E-state index in [2.05, 4.69) is 24.1 Å². The summed E-state index contributed by atoms with van der Waals surface area (Å²) in [5.74, 6) is 0.971. The smallest absolute Gasteiger partial charge is 0.00364 e. The van der Waals surface area contributed by atoms with Crippen molar-refractivity contribution in [2.45, 2.75) is 46.0 Å². The first-order valence-corrected chi connectivity index (χ1v) is 7.15. The standard InChI is InChI=1S/C14H28N2/c1-3-13-5-4-10-16(11-13)12-14(2)6-8-15-9-7-14/h13,15H,3-12H2,1-2H3. The lowest BCUT2D eigenvalue weighted by Gasteiger charge is -2.41. The Morgan fingerprint density at radius 3 is 2.75 bits per heavy atom. The molecule has 2 aliphatic rings. The van der Waals surface area contributed by atoms with E-state index in [-0.39, 0.29) is 0 Å². The van der Waals surface area contributed by atoms with Gasteiger partial charge in [0.05, 0.1) is 0 Å². The average molecular weight is 224 g/mol. The minimum absolute atomic E-state index is 0.584. The third kappa shape index (κ3) is 3.21. The number of hydrogen-bond acceptors (Lipinski definition) is 2. The molecule has 2 heterocycles. The average Bonchev–Trinajstić information content (AvgIpc) is 2.29. The quantitative estimate of drug-likeness (QED) is 0.792. The van der Waals surface area contributed by atoms with E-state index in [1.807, 2.05) is 0 Å². The first kappa shape index (κ1) is 12.4. The van der Waals surface area contributed by atoms with Crippen LogP contribution in [0.3, 0.4) is 0 Å². The van der Waals surface area contributed by atoms with Crippen molar-refractivity contribution in [2.75, 3.05) is 32.7 Å². The largest absolute Gasteiger partial charge is 0.317 e. The van der Waals surface area contributed by atoms with E-state index in [1.54, 1.807) is 0 Å². The fourth-order valence-corrected chi connectivity index (χ4v) is 3.36. The first-order chi connectivity index (χ1) is 7.72. The topological polar surface area (TPSA) is 15.3 Å². The van der Waals surface area contributed by atoms with E-state index in [0.29, 0.717) is 5.41 Å². The van der Waals surface area contributed by atoms with Gasteiger partial charge in [-0.15, -0.1) is 0 Å². The van der Waals surface area contributed by atoms with Gasteiger partial charge in [0, 0.05) is 13.1 Å². The summed E-state index contributed by atoms with van der Waals surface area (Å²) in [4.78, 5) is 2.74. The van der Waals surface area contributed by atoms with E-state index < -0.39 is 0 Å². The Bertz CT molecular complexity index is 209. The molecule has 2 aliphatic heterocycles. The van der Waals surface area contributed by atoms with Crippen molar-refractivity contribution in [3.63, 3.8) is 0 Å². The molecule has 0 amide bonds. The fraction of sp³-hybridized carbons (Fsp3) is 1.00. The summed E-state index contributed by atoms with van der Waals surface area (Å²) in [5, 5.41) is 3.48. The van der Waals surface area contributed by atoms with Gasteiger partial charge < -0.3 is 10.2 Å². The molecule has 2 saturated heterocycles. The number of piperidine rings is 2. The van der Waals surface area contributed by atoms with Crippen molar-refractivity contribution in [3.8, 4) is 0 Å². The second kappa shape index (κ2) is 5.50. The van der Waals surface area contributed by atoms with Crippen molar-refractivity contribution < 1.29 is 0 Å². The highest BCUT2D eigenvalue weighted by atomic mass is 15.1. The van der Waals surface area contributed by atoms with Crippen LogP contribution >= 0.6 is 0 Å². The van der Waals surface area contributed by atoms with Gasteiger partial charge >= 0.3 is 0 Å². The van der Waals surface area contributed by atoms with Gasteiger partial charge in [0.25, 0.3) is 0 Å². The molecule has 0 saturated carbocycles. The molecule has 0 aromatic carbocycles. The highest BCUT2D eigenvalue weighted by Crippen LogP contribution is 2.31. The van der Waals surface area contributed by atoms with Crippen LogP contribution in [0.4, 0.5) is 0 Å². The first-order valence-electron chi connectivity index (χ1n) is 7.15. The van der Waals surface area contributed by atoms with Crippen LogP contribution in [-0.2, 0) is 0 Å². The Morgan fingerprint density at radius 2 is 2.06 bits per heavy atom. The van der Waals surface area contributed by atoms with Gasteiger partial charge in [0.15, 0.2) is 0 Å². The van der Waals surface area contributed by atoms with E-state index in [4.69, 9.17) is 0 Å². The summed E-state index contributed by atoms with van der Waals surface area (Å²) >= 11 is 0. The van der Waals surface area contributed by atoms with E-state index in [1.165, 1.54) is 64.8 Å². The molecule has 0 aromatic rings. The van der Waals surface area contributed by atoms with Gasteiger partial charge in [0.2, 0.25) is 0 Å². The van der Waals surface area contributed by atoms with Crippen LogP contribution in [0.5, 0.6) is 0 Å². The number of nitrogens with one attached hydrogen (secondary N) is 1. The molecule has 2 rings (SSSR count). The summed E-state index contributed by atoms with van der Waals surface area (Å²) in [6.45, 7) is 11.3. The molecule has 1 N–H and O–H groups in total. The Morgan fingerprint density at radius 1 is 1.31 bits per heavy atom. The van der Waals surface area contributed by atoms with Crippen molar-refractivity contribution in [2.24, 2.45) is 11.3 Å². The van der Waals surface area contributed by atoms with E-state index in [9.17, 15) is 0 Å². The lowest BCUT2D eigenvalue weighted by Crippen LogP contribution is -2.46. The number of hydrogen-bond donors (Lipinski definition) is 1. The summed E-state index contributed by atoms with van der Waals surface area (Å²) in [7, 11) is 0. The van der Waals surface area contributed by atoms with E-state index >= 15 is 0 Å². The maximum atomic E-state index is 3.48. The second-order valence-corrected chi connectivity index (χ2v) is 6.21. The molecule has 2 fully saturated rings. The molecule has 0 radical (unpaired) electrons. The number of likely N-dealkylation sites (tertiary alicyclic amines) is 1. The normalized spacial score (nSPS) is 31.5. The summed E-state index contributed by atoms with van der Waals surface area (Å²) in [5.41, 5.74) is 0.584. The lowest BCUT2D eigenvalue weighted by atomic mass is 9.80. The Balaban J connectivity index is 1.83. The molecule has 1 atom stereocenters. The van der Waals surface area contributed by atoms with E-state index in [0.717, 1.165) is 5.92 Å². The number of rotatable bonds is 3. The molecular weight excluding hydrogens is 196 g/mol. The van der Waals surface area contributed by atoms with Gasteiger partial charge in [-0.3, -0.25) is 0 Å². The Labute approximate surface area is 101 Å². The second-order valence-electron chi connectivity index (χ2n) is 6.21. The molecule has 94 valence electrons. The van der Waals surface area contributed by atoms with Gasteiger partial charge in [-0.05, 0) is 56.7 Å². The lowest BCUT2D eigenvalue weighted by molar-refractivity contribution is 0.0896. The molecule has 2 heteroatoms. The SMILES string of the molecule is CCC1CCCN(CC2(C)CCNCC2)C1. The monoisotopic (exact) mass is 224 g/mol. The molecule has 0 spiro atoms. The van der Waals surface area contributed by atoms with Crippen molar-refractivity contribution in [3.05, 3.63) is 0 Å². The molecule has 0 aromatic heterocycles. The maximum Gasteiger partial charge on any atom is 0.00364 e.